The summed E-state index contributed by atoms with van der Waals surface area (Å²) in [6.45, 7) is -1.99. The lowest BCUT2D eigenvalue weighted by atomic mass is 9.95. The molecule has 2 aliphatic rings. The fourth-order valence-corrected chi connectivity index (χ4v) is 11.0. The summed E-state index contributed by atoms with van der Waals surface area (Å²) < 4.78 is 76.4. The molecule has 1 aromatic heterocycles. The van der Waals surface area contributed by atoms with Crippen molar-refractivity contribution in [2.75, 3.05) is 24.7 Å². The van der Waals surface area contributed by atoms with E-state index in [1.54, 1.807) is 0 Å². The number of carbonyl (C=O) groups excluding carboxylic acids is 5. The Morgan fingerprint density at radius 2 is 1.36 bits per heavy atom. The number of hydrogen-bond acceptors (Lipinski definition) is 21. The highest BCUT2D eigenvalue weighted by molar-refractivity contribution is 8.08. The summed E-state index contributed by atoms with van der Waals surface area (Å²) in [5.41, 5.74) is 17.0. The second-order valence-corrected chi connectivity index (χ2v) is 20.6. The van der Waals surface area contributed by atoms with Crippen LogP contribution in [0.15, 0.2) is 0 Å². The van der Waals surface area contributed by atoms with E-state index in [-0.39, 0.29) is 27.5 Å². The summed E-state index contributed by atoms with van der Waals surface area (Å²) in [5, 5.41) is 21.3. The first-order valence-corrected chi connectivity index (χ1v) is 25.5. The monoisotopic (exact) mass is 995 g/mol. The van der Waals surface area contributed by atoms with Gasteiger partial charge >= 0.3 is 38.4 Å². The summed E-state index contributed by atoms with van der Waals surface area (Å²) in [6.07, 6.45) is -8.02. The number of hydrogen-bond donors (Lipinski definition) is 7. The van der Waals surface area contributed by atoms with E-state index in [0.29, 0.717) is 17.8 Å². The number of aliphatic hydroxyl groups excluding tert-OH is 2. The standard InChI is InChI=1S/C37H60FN3O19P2S2/c1-5-6-7-8-9-10-11-12-13-14-15-16-24(45)52-17-22(38)29-31(54-19(2)42)32(55-20(3)43)33(56-21(4)44)37(58-29)59-61(49,50)60-62(51,63)53-18-23-27(46)28(47)30(57-23)25-26(39)34(35(40)48)64-36(25)41/h22-23,27-33,37,46-47H,5-18,39,41H2,1-4H3,(H2,40,48)(H,49,50)(H,51,63)/t22-,23+,27-,28?,29?,30-,31+,32?,33+,37-,62?/m0/s1. The van der Waals surface area contributed by atoms with E-state index in [2.05, 4.69) is 6.92 Å². The lowest BCUT2D eigenvalue weighted by molar-refractivity contribution is -0.296. The number of phosphoric ester groups is 1. The molecule has 0 radical (unpaired) electrons. The van der Waals surface area contributed by atoms with Crippen molar-refractivity contribution in [1.29, 1.82) is 0 Å². The maximum absolute atomic E-state index is 16.1. The summed E-state index contributed by atoms with van der Waals surface area (Å²) >= 11 is 5.57. The first-order valence-electron chi connectivity index (χ1n) is 20.6. The first-order chi connectivity index (χ1) is 30.0. The molecular weight excluding hydrogens is 935 g/mol. The number of nitrogens with two attached hydrogens (primary N) is 3. The van der Waals surface area contributed by atoms with E-state index in [4.69, 9.17) is 70.8 Å². The van der Waals surface area contributed by atoms with E-state index >= 15 is 4.39 Å². The van der Waals surface area contributed by atoms with Gasteiger partial charge in [0.1, 0.15) is 42.0 Å². The maximum Gasteiger partial charge on any atom is 0.481 e. The summed E-state index contributed by atoms with van der Waals surface area (Å²) in [6, 6.07) is 0. The average Bonchev–Trinajstić information content (AvgIpc) is 3.64. The number of aliphatic hydroxyl groups is 2. The third-order valence-electron chi connectivity index (χ3n) is 9.91. The SMILES string of the molecule is CCCCCCCCCCCCCC(=O)OC[C@H](F)C1O[C@@H](OP(=O)(O)OP(O)(=S)OC[C@H]2O[C@@H](c3c(N)sc(C(N)=O)c3N)C(O)[C@H]2O)[C@H](OC(C)=O)C(OC(C)=O)[C@@H]1OC(C)=O. The molecule has 64 heavy (non-hydrogen) atoms. The number of anilines is 2. The van der Waals surface area contributed by atoms with Crippen molar-refractivity contribution in [2.24, 2.45) is 5.73 Å². The van der Waals surface area contributed by atoms with Crippen LogP contribution in [0.2, 0.25) is 0 Å². The Morgan fingerprint density at radius 3 is 1.89 bits per heavy atom. The van der Waals surface area contributed by atoms with E-state index in [0.717, 1.165) is 52.9 Å². The van der Waals surface area contributed by atoms with E-state index in [1.165, 1.54) is 32.1 Å². The topological polar surface area (TPSA) is 344 Å². The zero-order chi connectivity index (χ0) is 47.9. The third kappa shape index (κ3) is 17.1. The Balaban J connectivity index is 1.71. The van der Waals surface area contributed by atoms with Gasteiger partial charge in [-0.1, -0.05) is 71.1 Å². The number of phosphoric acid groups is 1. The number of amides is 1. The lowest BCUT2D eigenvalue weighted by Gasteiger charge is -2.45. The molecule has 12 atom stereocenters. The third-order valence-corrected chi connectivity index (χ3v) is 14.5. The van der Waals surface area contributed by atoms with Crippen LogP contribution in [0.5, 0.6) is 0 Å². The highest BCUT2D eigenvalue weighted by Gasteiger charge is 2.57. The highest BCUT2D eigenvalue weighted by Crippen LogP contribution is 2.62. The van der Waals surface area contributed by atoms with Gasteiger partial charge in [-0.3, -0.25) is 28.5 Å². The van der Waals surface area contributed by atoms with Gasteiger partial charge in [0.15, 0.2) is 24.5 Å². The molecule has 0 spiro atoms. The minimum absolute atomic E-state index is 0.0399. The number of primary amides is 1. The summed E-state index contributed by atoms with van der Waals surface area (Å²) in [7, 11) is -5.79. The lowest BCUT2D eigenvalue weighted by Crippen LogP contribution is -2.64. The number of ether oxygens (including phenoxy) is 6. The van der Waals surface area contributed by atoms with Gasteiger partial charge in [-0.2, -0.15) is 0 Å². The number of alkyl halides is 1. The fourth-order valence-electron chi connectivity index (χ4n) is 7.00. The van der Waals surface area contributed by atoms with Crippen LogP contribution in [-0.2, 0) is 77.3 Å². The number of thiophene rings is 1. The molecule has 366 valence electrons. The number of nitrogen functional groups attached to an aromatic ring is 2. The van der Waals surface area contributed by atoms with Crippen LogP contribution in [0, 0.1) is 0 Å². The van der Waals surface area contributed by atoms with Crippen LogP contribution in [0.25, 0.3) is 0 Å². The van der Waals surface area contributed by atoms with Crippen LogP contribution in [-0.4, -0.2) is 118 Å². The smallest absolute Gasteiger partial charge is 0.462 e. The molecule has 2 saturated heterocycles. The maximum atomic E-state index is 16.1. The fraction of sp³-hybridized carbons (Fsp3) is 0.757. The molecule has 22 nitrogen and oxygen atoms in total. The van der Waals surface area contributed by atoms with Gasteiger partial charge in [0.2, 0.25) is 6.29 Å². The normalized spacial score (nSPS) is 26.9. The quantitative estimate of drug-likeness (QED) is 0.0286. The molecule has 10 N–H and O–H groups in total. The van der Waals surface area contributed by atoms with Gasteiger partial charge < -0.3 is 70.1 Å². The molecule has 0 saturated carbocycles. The highest BCUT2D eigenvalue weighted by atomic mass is 32.5. The molecule has 2 aliphatic heterocycles. The van der Waals surface area contributed by atoms with Gasteiger partial charge in [-0.25, -0.2) is 13.3 Å². The van der Waals surface area contributed by atoms with Gasteiger partial charge in [0.05, 0.1) is 17.3 Å². The molecule has 1 aromatic rings. The molecule has 5 unspecified atom stereocenters. The molecule has 3 rings (SSSR count). The molecule has 3 heterocycles. The average molecular weight is 996 g/mol. The number of halogens is 1. The zero-order valence-corrected chi connectivity index (χ0v) is 39.3. The Hall–Kier alpha value is -2.90. The van der Waals surface area contributed by atoms with Crippen molar-refractivity contribution in [3.63, 3.8) is 0 Å². The summed E-state index contributed by atoms with van der Waals surface area (Å²) in [4.78, 5) is 82.5. The molecule has 0 aromatic carbocycles. The Labute approximate surface area is 378 Å². The minimum atomic E-state index is -5.79. The number of carbonyl (C=O) groups is 5. The summed E-state index contributed by atoms with van der Waals surface area (Å²) in [5.74, 6) is -4.95. The molecule has 27 heteroatoms. The minimum Gasteiger partial charge on any atom is -0.462 e. The van der Waals surface area contributed by atoms with Crippen molar-refractivity contribution >= 4 is 78.2 Å². The van der Waals surface area contributed by atoms with E-state index in [9.17, 15) is 48.5 Å². The zero-order valence-electron chi connectivity index (χ0n) is 35.9. The Bertz CT molecular complexity index is 1850. The van der Waals surface area contributed by atoms with Crippen LogP contribution >= 0.6 is 25.9 Å². The second-order valence-electron chi connectivity index (χ2n) is 15.2. The van der Waals surface area contributed by atoms with Gasteiger partial charge in [0.25, 0.3) is 5.91 Å². The second kappa shape index (κ2) is 25.9. The molecule has 0 aliphatic carbocycles. The van der Waals surface area contributed by atoms with Crippen molar-refractivity contribution < 1.29 is 94.7 Å². The van der Waals surface area contributed by atoms with Crippen LogP contribution in [0.3, 0.4) is 0 Å². The largest absolute Gasteiger partial charge is 0.481 e. The number of unbranched alkanes of at least 4 members (excludes halogenated alkanes) is 10. The predicted octanol–water partition coefficient (Wildman–Crippen LogP) is 3.64. The Morgan fingerprint density at radius 1 is 0.828 bits per heavy atom. The van der Waals surface area contributed by atoms with Crippen molar-refractivity contribution in [1.82, 2.24) is 0 Å². The van der Waals surface area contributed by atoms with Crippen molar-refractivity contribution in [2.45, 2.75) is 166 Å². The number of rotatable bonds is 27. The van der Waals surface area contributed by atoms with Gasteiger partial charge in [-0.15, -0.1) is 11.3 Å². The van der Waals surface area contributed by atoms with Crippen LogP contribution in [0.4, 0.5) is 15.1 Å². The molecule has 0 bridgehead atoms. The Kier molecular flexibility index (Phi) is 22.4. The molecular formula is C37H60FN3O19P2S2. The van der Waals surface area contributed by atoms with Gasteiger partial charge in [0, 0.05) is 32.8 Å². The van der Waals surface area contributed by atoms with Crippen molar-refractivity contribution in [3.05, 3.63) is 10.4 Å². The predicted molar refractivity (Wildman–Crippen MR) is 228 cm³/mol. The van der Waals surface area contributed by atoms with E-state index < -0.39 is 119 Å². The number of esters is 4. The van der Waals surface area contributed by atoms with Crippen LogP contribution in [0.1, 0.15) is 126 Å². The molecule has 2 fully saturated rings. The molecule has 1 amide bonds. The first kappa shape index (κ1) is 55.4. The van der Waals surface area contributed by atoms with E-state index in [1.807, 2.05) is 0 Å². The van der Waals surface area contributed by atoms with Crippen LogP contribution < -0.4 is 17.2 Å². The van der Waals surface area contributed by atoms with Gasteiger partial charge in [-0.05, 0) is 18.2 Å². The van der Waals surface area contributed by atoms with Crippen molar-refractivity contribution in [3.8, 4) is 0 Å².